The van der Waals surface area contributed by atoms with Gasteiger partial charge in [0.2, 0.25) is 0 Å². The van der Waals surface area contributed by atoms with E-state index in [1.54, 1.807) is 0 Å². The fourth-order valence-electron chi connectivity index (χ4n) is 3.41. The van der Waals surface area contributed by atoms with Crippen molar-refractivity contribution in [3.05, 3.63) is 45.3 Å². The summed E-state index contributed by atoms with van der Waals surface area (Å²) in [4.78, 5) is 4.60. The molecule has 0 spiro atoms. The lowest BCUT2D eigenvalue weighted by atomic mass is 9.75. The Morgan fingerprint density at radius 3 is 2.71 bits per heavy atom. The molecule has 0 radical (unpaired) electrons. The number of halogens is 1. The first kappa shape index (κ1) is 14.8. The third-order valence-electron chi connectivity index (χ3n) is 4.30. The molecule has 0 amide bonds. The molecule has 0 saturated carbocycles. The van der Waals surface area contributed by atoms with Gasteiger partial charge in [0.15, 0.2) is 0 Å². The van der Waals surface area contributed by atoms with Gasteiger partial charge in [0, 0.05) is 27.6 Å². The minimum atomic E-state index is -0.376. The molecule has 1 atom stereocenters. The number of rotatable bonds is 1. The number of fused-ring (bicyclic) bond motifs is 1. The van der Waals surface area contributed by atoms with Crippen LogP contribution >= 0.6 is 15.9 Å². The highest BCUT2D eigenvalue weighted by Crippen LogP contribution is 2.42. The normalized spacial score (nSPS) is 20.4. The molecule has 4 heteroatoms. The van der Waals surface area contributed by atoms with E-state index in [9.17, 15) is 5.11 Å². The molecule has 1 unspecified atom stereocenters. The molecule has 3 nitrogen and oxygen atoms in total. The summed E-state index contributed by atoms with van der Waals surface area (Å²) in [5, 5.41) is 10.5. The molecule has 0 aromatic carbocycles. The number of hydrogen-bond donors (Lipinski definition) is 1. The first-order valence-corrected chi connectivity index (χ1v) is 8.09. The molecule has 3 rings (SSSR count). The fourth-order valence-corrected chi connectivity index (χ4v) is 3.85. The monoisotopic (exact) mass is 348 g/mol. The number of aliphatic hydroxyl groups is 1. The van der Waals surface area contributed by atoms with Crippen LogP contribution < -0.4 is 0 Å². The predicted octanol–water partition coefficient (Wildman–Crippen LogP) is 4.26. The van der Waals surface area contributed by atoms with Crippen molar-refractivity contribution in [1.29, 1.82) is 0 Å². The lowest BCUT2D eigenvalue weighted by Gasteiger charge is -2.34. The Labute approximate surface area is 134 Å². The standard InChI is InChI=1S/C17H21BrN2O/c1-10-5-12(18)9-19-16(10)20-11(2)6-13-14(20)7-17(3,4)8-15(13)21/h5-6,9,15,21H,7-8H2,1-4H3. The number of aromatic nitrogens is 2. The molecule has 0 saturated heterocycles. The molecular formula is C17H21BrN2O. The Kier molecular flexibility index (Phi) is 3.49. The maximum Gasteiger partial charge on any atom is 0.140 e. The summed E-state index contributed by atoms with van der Waals surface area (Å²) < 4.78 is 3.20. The lowest BCUT2D eigenvalue weighted by molar-refractivity contribution is 0.0986. The van der Waals surface area contributed by atoms with Crippen LogP contribution in [0.3, 0.4) is 0 Å². The number of pyridine rings is 1. The van der Waals surface area contributed by atoms with Crippen molar-refractivity contribution >= 4 is 15.9 Å². The number of aryl methyl sites for hydroxylation is 2. The summed E-state index contributed by atoms with van der Waals surface area (Å²) in [6, 6.07) is 4.19. The van der Waals surface area contributed by atoms with Crippen LogP contribution in [0, 0.1) is 19.3 Å². The summed E-state index contributed by atoms with van der Waals surface area (Å²) in [6.07, 6.45) is 3.23. The van der Waals surface area contributed by atoms with Gasteiger partial charge in [-0.15, -0.1) is 0 Å². The largest absolute Gasteiger partial charge is 0.388 e. The van der Waals surface area contributed by atoms with Gasteiger partial charge in [0.1, 0.15) is 5.82 Å². The Morgan fingerprint density at radius 1 is 1.33 bits per heavy atom. The predicted molar refractivity (Wildman–Crippen MR) is 87.8 cm³/mol. The Morgan fingerprint density at radius 2 is 2.05 bits per heavy atom. The van der Waals surface area contributed by atoms with E-state index in [4.69, 9.17) is 0 Å². The highest BCUT2D eigenvalue weighted by Gasteiger charge is 2.34. The van der Waals surface area contributed by atoms with Crippen molar-refractivity contribution in [3.8, 4) is 5.82 Å². The van der Waals surface area contributed by atoms with Gasteiger partial charge < -0.3 is 9.67 Å². The van der Waals surface area contributed by atoms with Crippen molar-refractivity contribution in [2.75, 3.05) is 0 Å². The van der Waals surface area contributed by atoms with E-state index in [1.807, 2.05) is 6.20 Å². The van der Waals surface area contributed by atoms with Gasteiger partial charge >= 0.3 is 0 Å². The molecule has 0 fully saturated rings. The van der Waals surface area contributed by atoms with E-state index >= 15 is 0 Å². The zero-order valence-electron chi connectivity index (χ0n) is 12.9. The first-order valence-electron chi connectivity index (χ1n) is 7.30. The molecule has 1 aliphatic carbocycles. The third-order valence-corrected chi connectivity index (χ3v) is 4.73. The summed E-state index contributed by atoms with van der Waals surface area (Å²) >= 11 is 3.47. The number of nitrogens with zero attached hydrogens (tertiary/aromatic N) is 2. The van der Waals surface area contributed by atoms with E-state index in [0.29, 0.717) is 0 Å². The molecular weight excluding hydrogens is 328 g/mol. The van der Waals surface area contributed by atoms with E-state index in [0.717, 1.165) is 40.0 Å². The average Bonchev–Trinajstić information content (AvgIpc) is 2.65. The minimum Gasteiger partial charge on any atom is -0.388 e. The van der Waals surface area contributed by atoms with Crippen LogP contribution in [0.4, 0.5) is 0 Å². The molecule has 1 N–H and O–H groups in total. The SMILES string of the molecule is Cc1cc(Br)cnc1-n1c(C)cc2c1CC(C)(C)CC2O. The van der Waals surface area contributed by atoms with Crippen LogP contribution in [-0.2, 0) is 6.42 Å². The van der Waals surface area contributed by atoms with Crippen LogP contribution in [0.15, 0.2) is 22.8 Å². The molecule has 1 aliphatic rings. The number of aliphatic hydroxyl groups excluding tert-OH is 1. The van der Waals surface area contributed by atoms with Crippen LogP contribution in [0.5, 0.6) is 0 Å². The second-order valence-electron chi connectivity index (χ2n) is 6.88. The zero-order chi connectivity index (χ0) is 15.4. The molecule has 21 heavy (non-hydrogen) atoms. The Balaban J connectivity index is 2.21. The van der Waals surface area contributed by atoms with Crippen molar-refractivity contribution in [1.82, 2.24) is 9.55 Å². The van der Waals surface area contributed by atoms with E-state index in [2.05, 4.69) is 65.3 Å². The smallest absolute Gasteiger partial charge is 0.140 e. The van der Waals surface area contributed by atoms with E-state index in [1.165, 1.54) is 5.69 Å². The maximum absolute atomic E-state index is 10.5. The zero-order valence-corrected chi connectivity index (χ0v) is 14.5. The van der Waals surface area contributed by atoms with Gasteiger partial charge in [0.05, 0.1) is 6.10 Å². The molecule has 0 aliphatic heterocycles. The van der Waals surface area contributed by atoms with E-state index in [-0.39, 0.29) is 11.5 Å². The van der Waals surface area contributed by atoms with Crippen LogP contribution in [0.25, 0.3) is 5.82 Å². The summed E-state index contributed by atoms with van der Waals surface area (Å²) in [7, 11) is 0. The molecule has 0 bridgehead atoms. The lowest BCUT2D eigenvalue weighted by Crippen LogP contribution is -2.26. The molecule has 112 valence electrons. The Bertz CT molecular complexity index is 703. The minimum absolute atomic E-state index is 0.109. The maximum atomic E-state index is 10.5. The van der Waals surface area contributed by atoms with Crippen LogP contribution in [0.2, 0.25) is 0 Å². The van der Waals surface area contributed by atoms with Crippen molar-refractivity contribution in [2.45, 2.75) is 46.6 Å². The quantitative estimate of drug-likeness (QED) is 0.836. The average molecular weight is 349 g/mol. The summed E-state index contributed by atoms with van der Waals surface area (Å²) in [5.74, 6) is 0.960. The molecule has 2 heterocycles. The van der Waals surface area contributed by atoms with Gasteiger partial charge in [-0.3, -0.25) is 0 Å². The van der Waals surface area contributed by atoms with Gasteiger partial charge in [-0.05, 0) is 65.7 Å². The third kappa shape index (κ3) is 2.55. The fraction of sp³-hybridized carbons (Fsp3) is 0.471. The van der Waals surface area contributed by atoms with E-state index < -0.39 is 0 Å². The second kappa shape index (κ2) is 4.96. The Hall–Kier alpha value is -1.13. The van der Waals surface area contributed by atoms with Gasteiger partial charge in [-0.1, -0.05) is 13.8 Å². The van der Waals surface area contributed by atoms with Crippen LogP contribution in [0.1, 0.15) is 48.9 Å². The second-order valence-corrected chi connectivity index (χ2v) is 7.79. The first-order chi connectivity index (χ1) is 9.78. The van der Waals surface area contributed by atoms with Gasteiger partial charge in [-0.25, -0.2) is 4.98 Å². The van der Waals surface area contributed by atoms with Crippen molar-refractivity contribution < 1.29 is 5.11 Å². The highest BCUT2D eigenvalue weighted by molar-refractivity contribution is 9.10. The summed E-state index contributed by atoms with van der Waals surface area (Å²) in [6.45, 7) is 8.59. The molecule has 2 aromatic rings. The van der Waals surface area contributed by atoms with Crippen LogP contribution in [-0.4, -0.2) is 14.7 Å². The number of hydrogen-bond acceptors (Lipinski definition) is 2. The van der Waals surface area contributed by atoms with Crippen molar-refractivity contribution in [2.24, 2.45) is 5.41 Å². The van der Waals surface area contributed by atoms with Gasteiger partial charge in [-0.2, -0.15) is 0 Å². The molecule has 2 aromatic heterocycles. The summed E-state index contributed by atoms with van der Waals surface area (Å²) in [5.41, 5.74) is 4.64. The van der Waals surface area contributed by atoms with Crippen molar-refractivity contribution in [3.63, 3.8) is 0 Å². The topological polar surface area (TPSA) is 38.0 Å². The highest BCUT2D eigenvalue weighted by atomic mass is 79.9. The van der Waals surface area contributed by atoms with Gasteiger partial charge in [0.25, 0.3) is 0 Å².